The summed E-state index contributed by atoms with van der Waals surface area (Å²) in [5.41, 5.74) is 0.922. The summed E-state index contributed by atoms with van der Waals surface area (Å²) in [6, 6.07) is 13.1. The summed E-state index contributed by atoms with van der Waals surface area (Å²) in [7, 11) is 2.88. The van der Waals surface area contributed by atoms with Gasteiger partial charge >= 0.3 is 6.09 Å². The number of alkyl carbamates (subject to hydrolysis) is 1. The number of ether oxygens (including phenoxy) is 1. The van der Waals surface area contributed by atoms with Crippen LogP contribution in [0.5, 0.6) is 0 Å². The molecule has 0 radical (unpaired) electrons. The number of carbonyl (C=O) groups is 2. The first kappa shape index (κ1) is 18.5. The molecule has 2 aromatic carbocycles. The Hall–Kier alpha value is -2.86. The van der Waals surface area contributed by atoms with Crippen molar-refractivity contribution in [2.45, 2.75) is 12.5 Å². The number of rotatable bonds is 7. The van der Waals surface area contributed by atoms with E-state index in [0.29, 0.717) is 6.42 Å². The molecule has 6 nitrogen and oxygen atoms in total. The number of hydroxylamine groups is 2. The van der Waals surface area contributed by atoms with E-state index >= 15 is 0 Å². The number of nitrogens with one attached hydrogen (secondary N) is 1. The fourth-order valence-electron chi connectivity index (χ4n) is 2.43. The second kappa shape index (κ2) is 8.84. The number of likely N-dealkylation sites (N-methyl/N-ethyl adjacent to an activating group) is 1. The average Bonchev–Trinajstić information content (AvgIpc) is 2.64. The first-order valence-corrected chi connectivity index (χ1v) is 7.88. The Bertz CT molecular complexity index is 760. The Balaban J connectivity index is 2.19. The first-order valence-electron chi connectivity index (χ1n) is 7.88. The Morgan fingerprint density at radius 3 is 2.64 bits per heavy atom. The van der Waals surface area contributed by atoms with Crippen LogP contribution in [0.3, 0.4) is 0 Å². The lowest BCUT2D eigenvalue weighted by Gasteiger charge is -2.22. The van der Waals surface area contributed by atoms with Gasteiger partial charge in [0, 0.05) is 13.5 Å². The maximum Gasteiger partial charge on any atom is 0.408 e. The van der Waals surface area contributed by atoms with Crippen LogP contribution in [0.1, 0.15) is 5.56 Å². The van der Waals surface area contributed by atoms with E-state index < -0.39 is 12.1 Å². The molecule has 2 amide bonds. The largest absolute Gasteiger partial charge is 0.445 e. The zero-order valence-corrected chi connectivity index (χ0v) is 14.4. The Kier molecular flexibility index (Phi) is 6.54. The van der Waals surface area contributed by atoms with Crippen molar-refractivity contribution in [3.8, 4) is 0 Å². The number of hydrogen-bond donors (Lipinski definition) is 1. The smallest absolute Gasteiger partial charge is 0.408 e. The number of amides is 2. The summed E-state index contributed by atoms with van der Waals surface area (Å²) in [4.78, 5) is 29.2. The minimum absolute atomic E-state index is 0.0723. The normalized spacial score (nSPS) is 11.6. The summed E-state index contributed by atoms with van der Waals surface area (Å²) in [6.45, 7) is 3.56. The second-order valence-electron chi connectivity index (χ2n) is 5.49. The standard InChI is InChI=1S/C19H22N2O4/c1-4-11-25-19(23)20-17(18(22)21(2)24-3)13-14-9-10-15-7-5-6-8-16(15)12-14/h4-10,12,17H,1,11,13H2,2-3H3,(H,20,23)/t17-/m0/s1. The maximum absolute atomic E-state index is 12.5. The molecule has 2 rings (SSSR count). The van der Waals surface area contributed by atoms with E-state index in [2.05, 4.69) is 11.9 Å². The van der Waals surface area contributed by atoms with E-state index in [0.717, 1.165) is 21.4 Å². The number of carbonyl (C=O) groups excluding carboxylic acids is 2. The van der Waals surface area contributed by atoms with Crippen molar-refractivity contribution in [3.05, 3.63) is 60.7 Å². The van der Waals surface area contributed by atoms with Gasteiger partial charge in [0.15, 0.2) is 0 Å². The molecular weight excluding hydrogens is 320 g/mol. The molecule has 1 N–H and O–H groups in total. The summed E-state index contributed by atoms with van der Waals surface area (Å²) in [6.07, 6.45) is 1.10. The van der Waals surface area contributed by atoms with Crippen molar-refractivity contribution in [3.63, 3.8) is 0 Å². The molecule has 6 heteroatoms. The van der Waals surface area contributed by atoms with Crippen molar-refractivity contribution in [2.24, 2.45) is 0 Å². The van der Waals surface area contributed by atoms with Gasteiger partial charge in [-0.15, -0.1) is 0 Å². The van der Waals surface area contributed by atoms with Crippen LogP contribution in [-0.2, 0) is 20.8 Å². The predicted molar refractivity (Wildman–Crippen MR) is 95.9 cm³/mol. The van der Waals surface area contributed by atoms with Crippen molar-refractivity contribution >= 4 is 22.8 Å². The van der Waals surface area contributed by atoms with Crippen LogP contribution >= 0.6 is 0 Å². The third kappa shape index (κ3) is 5.06. The molecule has 0 fully saturated rings. The third-order valence-corrected chi connectivity index (χ3v) is 3.76. The van der Waals surface area contributed by atoms with Crippen LogP contribution in [0.2, 0.25) is 0 Å². The molecule has 0 saturated carbocycles. The van der Waals surface area contributed by atoms with Gasteiger partial charge in [-0.2, -0.15) is 0 Å². The summed E-state index contributed by atoms with van der Waals surface area (Å²) in [5, 5.41) is 5.85. The first-order chi connectivity index (χ1) is 12.0. The van der Waals surface area contributed by atoms with Crippen molar-refractivity contribution in [2.75, 3.05) is 20.8 Å². The van der Waals surface area contributed by atoms with Gasteiger partial charge in [-0.25, -0.2) is 9.86 Å². The van der Waals surface area contributed by atoms with Gasteiger partial charge in [0.05, 0.1) is 7.11 Å². The number of nitrogens with zero attached hydrogens (tertiary/aromatic N) is 1. The highest BCUT2D eigenvalue weighted by Gasteiger charge is 2.25. The molecule has 0 spiro atoms. The van der Waals surface area contributed by atoms with Crippen LogP contribution in [0, 0.1) is 0 Å². The molecule has 0 heterocycles. The van der Waals surface area contributed by atoms with E-state index in [-0.39, 0.29) is 12.5 Å². The number of fused-ring (bicyclic) bond motifs is 1. The highest BCUT2D eigenvalue weighted by Crippen LogP contribution is 2.17. The Morgan fingerprint density at radius 1 is 1.24 bits per heavy atom. The molecule has 0 saturated heterocycles. The van der Waals surface area contributed by atoms with E-state index in [9.17, 15) is 9.59 Å². The summed E-state index contributed by atoms with van der Waals surface area (Å²) < 4.78 is 4.91. The van der Waals surface area contributed by atoms with E-state index in [1.807, 2.05) is 42.5 Å². The van der Waals surface area contributed by atoms with E-state index in [1.54, 1.807) is 0 Å². The van der Waals surface area contributed by atoms with Crippen molar-refractivity contribution < 1.29 is 19.2 Å². The highest BCUT2D eigenvalue weighted by atomic mass is 16.7. The quantitative estimate of drug-likeness (QED) is 0.620. The summed E-state index contributed by atoms with van der Waals surface area (Å²) >= 11 is 0. The maximum atomic E-state index is 12.5. The zero-order chi connectivity index (χ0) is 18.2. The topological polar surface area (TPSA) is 67.9 Å². The molecule has 0 unspecified atom stereocenters. The minimum Gasteiger partial charge on any atom is -0.445 e. The monoisotopic (exact) mass is 342 g/mol. The molecule has 2 aromatic rings. The Labute approximate surface area is 147 Å². The lowest BCUT2D eigenvalue weighted by atomic mass is 10.0. The Morgan fingerprint density at radius 2 is 1.96 bits per heavy atom. The van der Waals surface area contributed by atoms with Gasteiger partial charge in [0.25, 0.3) is 5.91 Å². The zero-order valence-electron chi connectivity index (χ0n) is 14.4. The summed E-state index contributed by atoms with van der Waals surface area (Å²) in [5.74, 6) is -0.369. The number of hydrogen-bond acceptors (Lipinski definition) is 4. The SMILES string of the molecule is C=CCOC(=O)N[C@@H](Cc1ccc2ccccc2c1)C(=O)N(C)OC. The molecule has 0 aliphatic heterocycles. The van der Waals surface area contributed by atoms with Crippen LogP contribution < -0.4 is 5.32 Å². The lowest BCUT2D eigenvalue weighted by Crippen LogP contribution is -2.48. The van der Waals surface area contributed by atoms with Gasteiger partial charge in [-0.1, -0.05) is 55.1 Å². The molecule has 25 heavy (non-hydrogen) atoms. The van der Waals surface area contributed by atoms with Crippen LogP contribution in [0.4, 0.5) is 4.79 Å². The molecule has 132 valence electrons. The highest BCUT2D eigenvalue weighted by molar-refractivity contribution is 5.86. The van der Waals surface area contributed by atoms with Crippen LogP contribution in [-0.4, -0.2) is 43.9 Å². The van der Waals surface area contributed by atoms with Crippen molar-refractivity contribution in [1.29, 1.82) is 0 Å². The molecule has 0 bridgehead atoms. The van der Waals surface area contributed by atoms with E-state index in [1.165, 1.54) is 20.2 Å². The van der Waals surface area contributed by atoms with Gasteiger partial charge in [-0.3, -0.25) is 9.63 Å². The average molecular weight is 342 g/mol. The lowest BCUT2D eigenvalue weighted by molar-refractivity contribution is -0.170. The van der Waals surface area contributed by atoms with Gasteiger partial charge in [0.2, 0.25) is 0 Å². The fourth-order valence-corrected chi connectivity index (χ4v) is 2.43. The molecule has 0 aliphatic carbocycles. The van der Waals surface area contributed by atoms with E-state index in [4.69, 9.17) is 9.57 Å². The third-order valence-electron chi connectivity index (χ3n) is 3.76. The minimum atomic E-state index is -0.802. The molecular formula is C19H22N2O4. The van der Waals surface area contributed by atoms with Gasteiger partial charge in [0.1, 0.15) is 12.6 Å². The fraction of sp³-hybridized carbons (Fsp3) is 0.263. The molecule has 0 aliphatic rings. The van der Waals surface area contributed by atoms with Gasteiger partial charge < -0.3 is 10.1 Å². The molecule has 1 atom stereocenters. The van der Waals surface area contributed by atoms with Gasteiger partial charge in [-0.05, 0) is 16.3 Å². The van der Waals surface area contributed by atoms with Crippen LogP contribution in [0.15, 0.2) is 55.1 Å². The molecule has 0 aromatic heterocycles. The van der Waals surface area contributed by atoms with Crippen molar-refractivity contribution in [1.82, 2.24) is 10.4 Å². The number of benzene rings is 2. The predicted octanol–water partition coefficient (Wildman–Crippen LogP) is 2.68. The second-order valence-corrected chi connectivity index (χ2v) is 5.49. The van der Waals surface area contributed by atoms with Crippen LogP contribution in [0.25, 0.3) is 10.8 Å².